The second-order valence-corrected chi connectivity index (χ2v) is 3.11. The molecule has 5 heteroatoms. The van der Waals surface area contributed by atoms with Crippen LogP contribution in [0.3, 0.4) is 0 Å². The van der Waals surface area contributed by atoms with E-state index < -0.39 is 12.7 Å². The number of nitrogens with zero attached hydrogens (tertiary/aromatic N) is 1. The van der Waals surface area contributed by atoms with Gasteiger partial charge in [-0.1, -0.05) is 0 Å². The van der Waals surface area contributed by atoms with Crippen LogP contribution in [0, 0.1) is 0 Å². The van der Waals surface area contributed by atoms with Crippen LogP contribution in [0.2, 0.25) is 0 Å². The Morgan fingerprint density at radius 2 is 2.08 bits per heavy atom. The molecule has 12 heavy (non-hydrogen) atoms. The zero-order chi connectivity index (χ0) is 9.19. The third kappa shape index (κ3) is 2.64. The van der Waals surface area contributed by atoms with Gasteiger partial charge >= 0.3 is 6.18 Å². The fraction of sp³-hybridized carbons (Fsp3) is 1.00. The number of hydrogen-bond acceptors (Lipinski definition) is 2. The van der Waals surface area contributed by atoms with Crippen LogP contribution in [-0.4, -0.2) is 36.8 Å². The van der Waals surface area contributed by atoms with Gasteiger partial charge in [0.15, 0.2) is 0 Å². The first kappa shape index (κ1) is 9.80. The lowest BCUT2D eigenvalue weighted by Crippen LogP contribution is -2.52. The van der Waals surface area contributed by atoms with Crippen molar-refractivity contribution in [3.63, 3.8) is 0 Å². The van der Waals surface area contributed by atoms with Gasteiger partial charge in [0, 0.05) is 12.6 Å². The van der Waals surface area contributed by atoms with Crippen LogP contribution in [-0.2, 0) is 0 Å². The first-order valence-corrected chi connectivity index (χ1v) is 4.04. The van der Waals surface area contributed by atoms with Gasteiger partial charge in [0.25, 0.3) is 0 Å². The fourth-order valence-corrected chi connectivity index (χ4v) is 1.45. The highest BCUT2D eigenvalue weighted by atomic mass is 19.4. The van der Waals surface area contributed by atoms with E-state index in [1.807, 2.05) is 0 Å². The third-order valence-corrected chi connectivity index (χ3v) is 2.15. The summed E-state index contributed by atoms with van der Waals surface area (Å²) in [7, 11) is 0. The summed E-state index contributed by atoms with van der Waals surface area (Å²) in [5.41, 5.74) is 5.26. The predicted molar refractivity (Wildman–Crippen MR) is 39.7 cm³/mol. The Morgan fingerprint density at radius 1 is 1.42 bits per heavy atom. The van der Waals surface area contributed by atoms with E-state index >= 15 is 0 Å². The second kappa shape index (κ2) is 3.62. The van der Waals surface area contributed by atoms with E-state index in [1.54, 1.807) is 0 Å². The SMILES string of the molecule is NCCC1CCN1CC(F)(F)F. The minimum atomic E-state index is -4.06. The summed E-state index contributed by atoms with van der Waals surface area (Å²) in [5, 5.41) is 0. The monoisotopic (exact) mass is 182 g/mol. The molecule has 0 radical (unpaired) electrons. The molecular weight excluding hydrogens is 169 g/mol. The predicted octanol–water partition coefficient (Wildman–Crippen LogP) is 0.972. The minimum Gasteiger partial charge on any atom is -0.330 e. The largest absolute Gasteiger partial charge is 0.401 e. The van der Waals surface area contributed by atoms with Crippen LogP contribution in [0.15, 0.2) is 0 Å². The van der Waals surface area contributed by atoms with Gasteiger partial charge in [-0.3, -0.25) is 4.90 Å². The van der Waals surface area contributed by atoms with Crippen molar-refractivity contribution in [2.24, 2.45) is 5.73 Å². The van der Waals surface area contributed by atoms with Crippen LogP contribution < -0.4 is 5.73 Å². The molecule has 2 nitrogen and oxygen atoms in total. The van der Waals surface area contributed by atoms with Crippen molar-refractivity contribution in [3.05, 3.63) is 0 Å². The molecule has 0 spiro atoms. The van der Waals surface area contributed by atoms with Crippen LogP contribution in [0.25, 0.3) is 0 Å². The van der Waals surface area contributed by atoms with Crippen LogP contribution in [0.4, 0.5) is 13.2 Å². The Labute approximate surface area is 69.5 Å². The first-order chi connectivity index (χ1) is 5.53. The lowest BCUT2D eigenvalue weighted by Gasteiger charge is -2.41. The molecule has 0 bridgehead atoms. The van der Waals surface area contributed by atoms with Crippen molar-refractivity contribution >= 4 is 0 Å². The molecule has 0 aromatic heterocycles. The number of alkyl halides is 3. The Hall–Kier alpha value is -0.290. The standard InChI is InChI=1S/C7H13F3N2/c8-7(9,10)5-12-4-2-6(12)1-3-11/h6H,1-5,11H2. The molecule has 0 amide bonds. The summed E-state index contributed by atoms with van der Waals surface area (Å²) < 4.78 is 35.6. The average Bonchev–Trinajstić information content (AvgIpc) is 1.92. The maximum absolute atomic E-state index is 11.9. The van der Waals surface area contributed by atoms with Gasteiger partial charge in [-0.2, -0.15) is 13.2 Å². The van der Waals surface area contributed by atoms with Gasteiger partial charge in [-0.15, -0.1) is 0 Å². The number of halogens is 3. The van der Waals surface area contributed by atoms with Gasteiger partial charge < -0.3 is 5.73 Å². The zero-order valence-corrected chi connectivity index (χ0v) is 6.77. The summed E-state index contributed by atoms with van der Waals surface area (Å²) in [4.78, 5) is 1.44. The molecule has 2 N–H and O–H groups in total. The second-order valence-electron chi connectivity index (χ2n) is 3.11. The lowest BCUT2D eigenvalue weighted by atomic mass is 10.00. The van der Waals surface area contributed by atoms with Crippen LogP contribution in [0.1, 0.15) is 12.8 Å². The molecule has 0 aromatic rings. The molecule has 1 saturated heterocycles. The van der Waals surface area contributed by atoms with Crippen molar-refractivity contribution in [3.8, 4) is 0 Å². The smallest absolute Gasteiger partial charge is 0.330 e. The highest BCUT2D eigenvalue weighted by Gasteiger charge is 2.37. The topological polar surface area (TPSA) is 29.3 Å². The van der Waals surface area contributed by atoms with Crippen molar-refractivity contribution < 1.29 is 13.2 Å². The van der Waals surface area contributed by atoms with Gasteiger partial charge in [0.05, 0.1) is 6.54 Å². The molecule has 0 saturated carbocycles. The van der Waals surface area contributed by atoms with Gasteiger partial charge in [-0.25, -0.2) is 0 Å². The minimum absolute atomic E-state index is 0.0663. The highest BCUT2D eigenvalue weighted by Crippen LogP contribution is 2.25. The number of rotatable bonds is 3. The molecule has 1 fully saturated rings. The fourth-order valence-electron chi connectivity index (χ4n) is 1.45. The quantitative estimate of drug-likeness (QED) is 0.704. The molecule has 72 valence electrons. The van der Waals surface area contributed by atoms with E-state index in [1.165, 1.54) is 4.90 Å². The van der Waals surface area contributed by atoms with E-state index in [-0.39, 0.29) is 6.04 Å². The maximum atomic E-state index is 11.9. The van der Waals surface area contributed by atoms with Crippen molar-refractivity contribution in [2.75, 3.05) is 19.6 Å². The molecule has 1 rings (SSSR count). The van der Waals surface area contributed by atoms with Crippen molar-refractivity contribution in [2.45, 2.75) is 25.1 Å². The molecule has 1 unspecified atom stereocenters. The summed E-state index contributed by atoms with van der Waals surface area (Å²) in [5.74, 6) is 0. The molecule has 1 heterocycles. The van der Waals surface area contributed by atoms with E-state index in [0.717, 1.165) is 6.42 Å². The van der Waals surface area contributed by atoms with Gasteiger partial charge in [0.2, 0.25) is 0 Å². The molecule has 1 atom stereocenters. The molecule has 0 aliphatic carbocycles. The molecular formula is C7H13F3N2. The van der Waals surface area contributed by atoms with E-state index in [9.17, 15) is 13.2 Å². The summed E-state index contributed by atoms with van der Waals surface area (Å²) in [6.45, 7) is 0.251. The third-order valence-electron chi connectivity index (χ3n) is 2.15. The molecule has 1 aliphatic heterocycles. The number of hydrogen-bond donors (Lipinski definition) is 1. The summed E-state index contributed by atoms with van der Waals surface area (Å²) in [6, 6.07) is 0.0663. The Morgan fingerprint density at radius 3 is 2.42 bits per heavy atom. The van der Waals surface area contributed by atoms with Crippen molar-refractivity contribution in [1.29, 1.82) is 0 Å². The van der Waals surface area contributed by atoms with Gasteiger partial charge in [0.1, 0.15) is 0 Å². The molecule has 0 aromatic carbocycles. The summed E-state index contributed by atoms with van der Waals surface area (Å²) in [6.07, 6.45) is -2.53. The lowest BCUT2D eigenvalue weighted by molar-refractivity contribution is -0.162. The number of nitrogens with two attached hydrogens (primary N) is 1. The van der Waals surface area contributed by atoms with Crippen molar-refractivity contribution in [1.82, 2.24) is 4.90 Å². The highest BCUT2D eigenvalue weighted by molar-refractivity contribution is 4.84. The average molecular weight is 182 g/mol. The van der Waals surface area contributed by atoms with Crippen LogP contribution >= 0.6 is 0 Å². The molecule has 1 aliphatic rings. The number of likely N-dealkylation sites (tertiary alicyclic amines) is 1. The van der Waals surface area contributed by atoms with E-state index in [0.29, 0.717) is 19.5 Å². The Balaban J connectivity index is 2.25. The summed E-state index contributed by atoms with van der Waals surface area (Å²) >= 11 is 0. The normalized spacial score (nSPS) is 25.5. The van der Waals surface area contributed by atoms with E-state index in [4.69, 9.17) is 5.73 Å². The van der Waals surface area contributed by atoms with Gasteiger partial charge in [-0.05, 0) is 19.4 Å². The Kier molecular flexibility index (Phi) is 2.95. The van der Waals surface area contributed by atoms with E-state index in [2.05, 4.69) is 0 Å². The maximum Gasteiger partial charge on any atom is 0.401 e. The Bertz CT molecular complexity index is 146. The first-order valence-electron chi connectivity index (χ1n) is 4.04. The zero-order valence-electron chi connectivity index (χ0n) is 6.77. The van der Waals surface area contributed by atoms with Crippen LogP contribution in [0.5, 0.6) is 0 Å².